The quantitative estimate of drug-likeness (QED) is 0.595. The molecule has 8 heteroatoms. The van der Waals surface area contributed by atoms with Gasteiger partial charge >= 0.3 is 0 Å². The number of aromatic nitrogens is 1. The number of hydrogen-bond donors (Lipinski definition) is 2. The summed E-state index contributed by atoms with van der Waals surface area (Å²) < 4.78 is 26.4. The van der Waals surface area contributed by atoms with Crippen molar-refractivity contribution in [2.24, 2.45) is 0 Å². The number of nitrogens with zero attached hydrogens (tertiary/aromatic N) is 1. The fourth-order valence-electron chi connectivity index (χ4n) is 1.61. The predicted octanol–water partition coefficient (Wildman–Crippen LogP) is 2.25. The Bertz CT molecular complexity index is 698. The number of anilines is 1. The van der Waals surface area contributed by atoms with Gasteiger partial charge in [0.15, 0.2) is 0 Å². The Morgan fingerprint density at radius 2 is 2.14 bits per heavy atom. The fourth-order valence-corrected chi connectivity index (χ4v) is 4.80. The van der Waals surface area contributed by atoms with E-state index in [1.54, 1.807) is 12.3 Å². The summed E-state index contributed by atoms with van der Waals surface area (Å²) in [6.07, 6.45) is 1.70. The van der Waals surface area contributed by atoms with Crippen LogP contribution in [0.25, 0.3) is 0 Å². The number of thioether (sulfide) groups is 1. The molecule has 2 rings (SSSR count). The molecule has 1 aromatic carbocycles. The number of nitrogens with one attached hydrogen (secondary N) is 1. The van der Waals surface area contributed by atoms with Gasteiger partial charge in [-0.2, -0.15) is 0 Å². The lowest BCUT2D eigenvalue weighted by Crippen LogP contribution is -2.26. The number of thiazole rings is 1. The summed E-state index contributed by atoms with van der Waals surface area (Å²) in [5.41, 5.74) is 6.49. The molecular weight excluding hydrogens is 326 g/mol. The molecule has 0 spiro atoms. The Balaban J connectivity index is 1.80. The highest BCUT2D eigenvalue weighted by molar-refractivity contribution is 8.00. The molecular formula is C13H17N3O2S3. The van der Waals surface area contributed by atoms with Gasteiger partial charge in [-0.15, -0.1) is 23.1 Å². The third kappa shape index (κ3) is 5.31. The molecule has 0 radical (unpaired) electrons. The highest BCUT2D eigenvalue weighted by Crippen LogP contribution is 2.24. The molecule has 0 unspecified atom stereocenters. The molecule has 0 saturated carbocycles. The van der Waals surface area contributed by atoms with Crippen molar-refractivity contribution in [3.05, 3.63) is 40.3 Å². The van der Waals surface area contributed by atoms with Gasteiger partial charge in [-0.05, 0) is 19.1 Å². The molecule has 1 aromatic heterocycles. The summed E-state index contributed by atoms with van der Waals surface area (Å²) in [5, 5.41) is 0.930. The zero-order chi connectivity index (χ0) is 15.3. The number of nitrogen functional groups attached to an aromatic ring is 1. The van der Waals surface area contributed by atoms with Crippen LogP contribution >= 0.6 is 23.1 Å². The molecule has 0 fully saturated rings. The van der Waals surface area contributed by atoms with E-state index < -0.39 is 10.0 Å². The maximum absolute atomic E-state index is 11.9. The van der Waals surface area contributed by atoms with Gasteiger partial charge in [0.2, 0.25) is 10.0 Å². The minimum atomic E-state index is -3.29. The van der Waals surface area contributed by atoms with Crippen LogP contribution in [0.5, 0.6) is 0 Å². The molecule has 0 aliphatic heterocycles. The topological polar surface area (TPSA) is 85.1 Å². The Morgan fingerprint density at radius 1 is 1.38 bits per heavy atom. The van der Waals surface area contributed by atoms with Gasteiger partial charge in [0.1, 0.15) is 0 Å². The first-order chi connectivity index (χ1) is 9.96. The first-order valence-electron chi connectivity index (χ1n) is 6.32. The van der Waals surface area contributed by atoms with Gasteiger partial charge in [-0.3, -0.25) is 0 Å². The summed E-state index contributed by atoms with van der Waals surface area (Å²) in [6, 6.07) is 7.44. The van der Waals surface area contributed by atoms with Crippen molar-refractivity contribution in [3.8, 4) is 0 Å². The first-order valence-corrected chi connectivity index (χ1v) is 9.78. The van der Waals surface area contributed by atoms with Gasteiger partial charge < -0.3 is 5.73 Å². The number of para-hydroxylation sites is 1. The minimum Gasteiger partial charge on any atom is -0.398 e. The SMILES string of the molecule is Cc1ncc(CNS(=O)(=O)CCSc2ccccc2N)s1. The molecule has 1 heterocycles. The van der Waals surface area contributed by atoms with Crippen LogP contribution in [0.2, 0.25) is 0 Å². The van der Waals surface area contributed by atoms with Gasteiger partial charge in [0, 0.05) is 34.0 Å². The normalized spacial score (nSPS) is 11.7. The molecule has 0 atom stereocenters. The number of rotatable bonds is 7. The molecule has 21 heavy (non-hydrogen) atoms. The average Bonchev–Trinajstić information content (AvgIpc) is 2.85. The predicted molar refractivity (Wildman–Crippen MR) is 89.1 cm³/mol. The maximum Gasteiger partial charge on any atom is 0.212 e. The molecule has 3 N–H and O–H groups in total. The Labute approximate surface area is 133 Å². The molecule has 114 valence electrons. The van der Waals surface area contributed by atoms with E-state index in [2.05, 4.69) is 9.71 Å². The van der Waals surface area contributed by atoms with E-state index in [4.69, 9.17) is 5.73 Å². The fraction of sp³-hybridized carbons (Fsp3) is 0.308. The van der Waals surface area contributed by atoms with Crippen LogP contribution < -0.4 is 10.5 Å². The van der Waals surface area contributed by atoms with E-state index in [1.807, 2.05) is 25.1 Å². The number of hydrogen-bond acceptors (Lipinski definition) is 6. The van der Waals surface area contributed by atoms with Gasteiger partial charge in [0.25, 0.3) is 0 Å². The second-order valence-electron chi connectivity index (χ2n) is 4.37. The van der Waals surface area contributed by atoms with Crippen LogP contribution in [0.15, 0.2) is 35.4 Å². The monoisotopic (exact) mass is 343 g/mol. The Kier molecular flexibility index (Phi) is 5.63. The number of sulfonamides is 1. The Hall–Kier alpha value is -1.09. The van der Waals surface area contributed by atoms with Crippen LogP contribution in [0.3, 0.4) is 0 Å². The van der Waals surface area contributed by atoms with E-state index in [0.717, 1.165) is 14.8 Å². The van der Waals surface area contributed by atoms with E-state index in [9.17, 15) is 8.42 Å². The Morgan fingerprint density at radius 3 is 2.81 bits per heavy atom. The largest absolute Gasteiger partial charge is 0.398 e. The number of benzene rings is 1. The summed E-state index contributed by atoms with van der Waals surface area (Å²) >= 11 is 2.94. The molecule has 0 saturated heterocycles. The van der Waals surface area contributed by atoms with Crippen molar-refractivity contribution in [3.63, 3.8) is 0 Å². The molecule has 2 aromatic rings. The standard InChI is InChI=1S/C13H17N3O2S3/c1-10-15-8-11(20-10)9-16-21(17,18)7-6-19-13-5-3-2-4-12(13)14/h2-5,8,16H,6-7,9,14H2,1H3. The van der Waals surface area contributed by atoms with Gasteiger partial charge in [0.05, 0.1) is 10.8 Å². The van der Waals surface area contributed by atoms with E-state index in [1.165, 1.54) is 23.1 Å². The van der Waals surface area contributed by atoms with Crippen molar-refractivity contribution < 1.29 is 8.42 Å². The van der Waals surface area contributed by atoms with Crippen LogP contribution in [-0.2, 0) is 16.6 Å². The summed E-state index contributed by atoms with van der Waals surface area (Å²) in [4.78, 5) is 5.92. The lowest BCUT2D eigenvalue weighted by molar-refractivity contribution is 0.583. The molecule has 0 amide bonds. The lowest BCUT2D eigenvalue weighted by atomic mass is 10.3. The van der Waals surface area contributed by atoms with Crippen LogP contribution in [0.1, 0.15) is 9.88 Å². The molecule has 0 aliphatic carbocycles. The zero-order valence-corrected chi connectivity index (χ0v) is 14.0. The highest BCUT2D eigenvalue weighted by atomic mass is 32.2. The van der Waals surface area contributed by atoms with Gasteiger partial charge in [-0.25, -0.2) is 18.1 Å². The average molecular weight is 343 g/mol. The zero-order valence-electron chi connectivity index (χ0n) is 11.6. The van der Waals surface area contributed by atoms with Gasteiger partial charge in [-0.1, -0.05) is 12.1 Å². The number of aryl methyl sites for hydroxylation is 1. The second-order valence-corrected chi connectivity index (χ2v) is 8.75. The smallest absolute Gasteiger partial charge is 0.212 e. The van der Waals surface area contributed by atoms with E-state index >= 15 is 0 Å². The first kappa shape index (κ1) is 16.3. The van der Waals surface area contributed by atoms with Crippen molar-refractivity contribution in [2.45, 2.75) is 18.4 Å². The number of nitrogens with two attached hydrogens (primary N) is 1. The minimum absolute atomic E-state index is 0.0593. The van der Waals surface area contributed by atoms with Crippen molar-refractivity contribution in [1.82, 2.24) is 9.71 Å². The van der Waals surface area contributed by atoms with Crippen LogP contribution in [0.4, 0.5) is 5.69 Å². The van der Waals surface area contributed by atoms with Crippen LogP contribution in [-0.4, -0.2) is 24.9 Å². The highest BCUT2D eigenvalue weighted by Gasteiger charge is 2.11. The van der Waals surface area contributed by atoms with Crippen LogP contribution in [0, 0.1) is 6.92 Å². The van der Waals surface area contributed by atoms with E-state index in [-0.39, 0.29) is 5.75 Å². The van der Waals surface area contributed by atoms with E-state index in [0.29, 0.717) is 18.0 Å². The summed E-state index contributed by atoms with van der Waals surface area (Å²) in [5.74, 6) is 0.523. The van der Waals surface area contributed by atoms with Crippen molar-refractivity contribution >= 4 is 38.8 Å². The van der Waals surface area contributed by atoms with Crippen molar-refractivity contribution in [2.75, 3.05) is 17.2 Å². The maximum atomic E-state index is 11.9. The van der Waals surface area contributed by atoms with Crippen molar-refractivity contribution in [1.29, 1.82) is 0 Å². The molecule has 0 bridgehead atoms. The second kappa shape index (κ2) is 7.26. The third-order valence-electron chi connectivity index (χ3n) is 2.66. The molecule has 5 nitrogen and oxygen atoms in total. The molecule has 0 aliphatic rings. The summed E-state index contributed by atoms with van der Waals surface area (Å²) in [7, 11) is -3.29. The third-order valence-corrected chi connectivity index (χ3v) is 6.25. The summed E-state index contributed by atoms with van der Waals surface area (Å²) in [6.45, 7) is 2.19. The lowest BCUT2D eigenvalue weighted by Gasteiger charge is -2.07.